The molecule has 3 rings (SSSR count). The number of pyridine rings is 1. The van der Waals surface area contributed by atoms with E-state index in [2.05, 4.69) is 10.3 Å². The van der Waals surface area contributed by atoms with Crippen molar-refractivity contribution >= 4 is 23.1 Å². The number of rotatable bonds is 6. The summed E-state index contributed by atoms with van der Waals surface area (Å²) in [4.78, 5) is 31.6. The van der Waals surface area contributed by atoms with E-state index in [-0.39, 0.29) is 17.2 Å². The SMILES string of the molecule is CN(C)c1ccc(CNC(=O)c2ccc(N3CCCC3)c([N+](=O)[O-])c2)cn1. The number of carbonyl (C=O) groups excluding carboxylic acids is 1. The smallest absolute Gasteiger partial charge is 0.293 e. The summed E-state index contributed by atoms with van der Waals surface area (Å²) in [7, 11) is 3.81. The molecule has 142 valence electrons. The highest BCUT2D eigenvalue weighted by Gasteiger charge is 2.23. The molecular weight excluding hydrogens is 346 g/mol. The monoisotopic (exact) mass is 369 g/mol. The average molecular weight is 369 g/mol. The maximum atomic E-state index is 12.4. The van der Waals surface area contributed by atoms with Crippen molar-refractivity contribution in [3.8, 4) is 0 Å². The van der Waals surface area contributed by atoms with Crippen LogP contribution in [0.25, 0.3) is 0 Å². The molecule has 1 amide bonds. The van der Waals surface area contributed by atoms with Crippen LogP contribution in [0.3, 0.4) is 0 Å². The van der Waals surface area contributed by atoms with E-state index in [1.165, 1.54) is 6.07 Å². The number of nitro groups is 1. The van der Waals surface area contributed by atoms with E-state index in [1.54, 1.807) is 18.3 Å². The van der Waals surface area contributed by atoms with E-state index in [4.69, 9.17) is 0 Å². The highest BCUT2D eigenvalue weighted by atomic mass is 16.6. The first-order chi connectivity index (χ1) is 13.0. The lowest BCUT2D eigenvalue weighted by molar-refractivity contribution is -0.384. The average Bonchev–Trinajstić information content (AvgIpc) is 3.20. The largest absolute Gasteiger partial charge is 0.366 e. The van der Waals surface area contributed by atoms with Crippen molar-refractivity contribution in [1.29, 1.82) is 0 Å². The lowest BCUT2D eigenvalue weighted by Crippen LogP contribution is -2.24. The fourth-order valence-corrected chi connectivity index (χ4v) is 3.11. The molecule has 0 spiro atoms. The highest BCUT2D eigenvalue weighted by Crippen LogP contribution is 2.31. The fraction of sp³-hybridized carbons (Fsp3) is 0.368. The summed E-state index contributed by atoms with van der Waals surface area (Å²) in [5, 5.41) is 14.2. The Morgan fingerprint density at radius 3 is 2.59 bits per heavy atom. The molecule has 1 saturated heterocycles. The Kier molecular flexibility index (Phi) is 5.54. The predicted molar refractivity (Wildman–Crippen MR) is 104 cm³/mol. The lowest BCUT2D eigenvalue weighted by Gasteiger charge is -2.17. The first-order valence-electron chi connectivity index (χ1n) is 8.89. The van der Waals surface area contributed by atoms with Gasteiger partial charge in [0, 0.05) is 51.6 Å². The van der Waals surface area contributed by atoms with Gasteiger partial charge in [0.1, 0.15) is 11.5 Å². The van der Waals surface area contributed by atoms with E-state index < -0.39 is 4.92 Å². The van der Waals surface area contributed by atoms with Gasteiger partial charge in [-0.15, -0.1) is 0 Å². The molecule has 0 unspecified atom stereocenters. The van der Waals surface area contributed by atoms with Crippen molar-refractivity contribution < 1.29 is 9.72 Å². The van der Waals surface area contributed by atoms with Gasteiger partial charge in [-0.2, -0.15) is 0 Å². The van der Waals surface area contributed by atoms with Crippen molar-refractivity contribution in [3.63, 3.8) is 0 Å². The van der Waals surface area contributed by atoms with Gasteiger partial charge in [-0.1, -0.05) is 6.07 Å². The van der Waals surface area contributed by atoms with Crippen LogP contribution in [0.2, 0.25) is 0 Å². The molecule has 1 aliphatic heterocycles. The van der Waals surface area contributed by atoms with E-state index in [1.807, 2.05) is 36.0 Å². The molecule has 0 bridgehead atoms. The summed E-state index contributed by atoms with van der Waals surface area (Å²) in [5.41, 5.74) is 1.69. The van der Waals surface area contributed by atoms with Gasteiger partial charge in [0.05, 0.1) is 4.92 Å². The molecule has 1 N–H and O–H groups in total. The third kappa shape index (κ3) is 4.33. The van der Waals surface area contributed by atoms with E-state index >= 15 is 0 Å². The molecule has 2 aromatic rings. The summed E-state index contributed by atoms with van der Waals surface area (Å²) in [5.74, 6) is 0.487. The highest BCUT2D eigenvalue weighted by molar-refractivity contribution is 5.95. The van der Waals surface area contributed by atoms with Crippen molar-refractivity contribution in [1.82, 2.24) is 10.3 Å². The molecule has 1 fully saturated rings. The number of hydrogen-bond acceptors (Lipinski definition) is 6. The second-order valence-electron chi connectivity index (χ2n) is 6.76. The van der Waals surface area contributed by atoms with E-state index in [9.17, 15) is 14.9 Å². The number of benzene rings is 1. The molecule has 0 radical (unpaired) electrons. The topological polar surface area (TPSA) is 91.6 Å². The molecule has 1 aromatic carbocycles. The number of nitro benzene ring substituents is 1. The summed E-state index contributed by atoms with van der Waals surface area (Å²) in [6, 6.07) is 8.43. The predicted octanol–water partition coefficient (Wildman–Crippen LogP) is 2.59. The van der Waals surface area contributed by atoms with Gasteiger partial charge in [0.2, 0.25) is 0 Å². The van der Waals surface area contributed by atoms with Gasteiger partial charge in [-0.25, -0.2) is 4.98 Å². The van der Waals surface area contributed by atoms with Gasteiger partial charge in [0.25, 0.3) is 11.6 Å². The van der Waals surface area contributed by atoms with Gasteiger partial charge < -0.3 is 15.1 Å². The number of nitrogens with zero attached hydrogens (tertiary/aromatic N) is 4. The minimum absolute atomic E-state index is 0.0263. The Morgan fingerprint density at radius 1 is 1.26 bits per heavy atom. The molecule has 1 aliphatic rings. The third-order valence-corrected chi connectivity index (χ3v) is 4.60. The van der Waals surface area contributed by atoms with E-state index in [0.717, 1.165) is 37.3 Å². The number of aromatic nitrogens is 1. The number of anilines is 2. The zero-order valence-electron chi connectivity index (χ0n) is 15.5. The molecule has 1 aromatic heterocycles. The molecule has 0 saturated carbocycles. The number of nitrogens with one attached hydrogen (secondary N) is 1. The zero-order valence-corrected chi connectivity index (χ0v) is 15.5. The molecule has 27 heavy (non-hydrogen) atoms. The van der Waals surface area contributed by atoms with Gasteiger partial charge >= 0.3 is 0 Å². The Balaban J connectivity index is 1.70. The summed E-state index contributed by atoms with van der Waals surface area (Å²) >= 11 is 0. The van der Waals surface area contributed by atoms with Crippen molar-refractivity contribution in [3.05, 3.63) is 57.8 Å². The van der Waals surface area contributed by atoms with Crippen molar-refractivity contribution in [2.45, 2.75) is 19.4 Å². The minimum atomic E-state index is -0.422. The fourth-order valence-electron chi connectivity index (χ4n) is 3.11. The Morgan fingerprint density at radius 2 is 2.00 bits per heavy atom. The van der Waals surface area contributed by atoms with Crippen LogP contribution in [-0.4, -0.2) is 43.0 Å². The molecule has 8 nitrogen and oxygen atoms in total. The Hall–Kier alpha value is -3.16. The second-order valence-corrected chi connectivity index (χ2v) is 6.76. The quantitative estimate of drug-likeness (QED) is 0.622. The number of hydrogen-bond donors (Lipinski definition) is 1. The van der Waals surface area contributed by atoms with Gasteiger partial charge in [0.15, 0.2) is 0 Å². The maximum absolute atomic E-state index is 12.4. The van der Waals surface area contributed by atoms with Gasteiger partial charge in [-0.3, -0.25) is 14.9 Å². The van der Waals surface area contributed by atoms with Crippen LogP contribution in [0, 0.1) is 10.1 Å². The summed E-state index contributed by atoms with van der Waals surface area (Å²) < 4.78 is 0. The van der Waals surface area contributed by atoms with E-state index in [0.29, 0.717) is 12.2 Å². The van der Waals surface area contributed by atoms with Crippen molar-refractivity contribution in [2.24, 2.45) is 0 Å². The molecular formula is C19H23N5O3. The second kappa shape index (κ2) is 8.03. The summed E-state index contributed by atoms with van der Waals surface area (Å²) in [6.07, 6.45) is 3.76. The lowest BCUT2D eigenvalue weighted by atomic mass is 10.1. The summed E-state index contributed by atoms with van der Waals surface area (Å²) in [6.45, 7) is 1.92. The van der Waals surface area contributed by atoms with Crippen LogP contribution in [0.5, 0.6) is 0 Å². The minimum Gasteiger partial charge on any atom is -0.366 e. The first kappa shape index (κ1) is 18.6. The normalized spacial score (nSPS) is 13.5. The molecule has 8 heteroatoms. The Bertz CT molecular complexity index is 830. The van der Waals surface area contributed by atoms with Crippen LogP contribution in [0.15, 0.2) is 36.5 Å². The molecule has 0 atom stereocenters. The van der Waals surface area contributed by atoms with Crippen LogP contribution in [-0.2, 0) is 6.54 Å². The third-order valence-electron chi connectivity index (χ3n) is 4.60. The van der Waals surface area contributed by atoms with Crippen LogP contribution < -0.4 is 15.1 Å². The molecule has 2 heterocycles. The number of carbonyl (C=O) groups is 1. The van der Waals surface area contributed by atoms with Crippen molar-refractivity contribution in [2.75, 3.05) is 37.0 Å². The number of amides is 1. The van der Waals surface area contributed by atoms with Gasteiger partial charge in [-0.05, 0) is 36.6 Å². The maximum Gasteiger partial charge on any atom is 0.293 e. The first-order valence-corrected chi connectivity index (χ1v) is 8.89. The van der Waals surface area contributed by atoms with Crippen LogP contribution in [0.1, 0.15) is 28.8 Å². The zero-order chi connectivity index (χ0) is 19.4. The van der Waals surface area contributed by atoms with Crippen LogP contribution >= 0.6 is 0 Å². The Labute approximate surface area is 158 Å². The molecule has 0 aliphatic carbocycles. The standard InChI is InChI=1S/C19H23N5O3/c1-22(2)18-8-5-14(12-20-18)13-21-19(25)15-6-7-16(17(11-15)24(26)27)23-9-3-4-10-23/h5-8,11-12H,3-4,9-10,13H2,1-2H3,(H,21,25). The van der Waals surface area contributed by atoms with Crippen LogP contribution in [0.4, 0.5) is 17.2 Å².